The molecule has 1 amide bonds. The van der Waals surface area contributed by atoms with E-state index in [0.29, 0.717) is 30.8 Å². The Kier molecular flexibility index (Phi) is 4.86. The van der Waals surface area contributed by atoms with Crippen molar-refractivity contribution in [3.8, 4) is 0 Å². The van der Waals surface area contributed by atoms with Gasteiger partial charge in [0.1, 0.15) is 11.4 Å². The van der Waals surface area contributed by atoms with E-state index < -0.39 is 5.82 Å². The molecule has 4 rings (SSSR count). The minimum absolute atomic E-state index is 0.139. The van der Waals surface area contributed by atoms with Gasteiger partial charge in [-0.15, -0.1) is 0 Å². The lowest BCUT2D eigenvalue weighted by Gasteiger charge is -2.30. The van der Waals surface area contributed by atoms with E-state index in [1.54, 1.807) is 17.2 Å². The van der Waals surface area contributed by atoms with E-state index in [1.165, 1.54) is 6.07 Å². The molecule has 0 saturated carbocycles. The van der Waals surface area contributed by atoms with E-state index in [4.69, 9.17) is 0 Å². The zero-order valence-electron chi connectivity index (χ0n) is 15.6. The number of likely N-dealkylation sites (tertiary alicyclic amines) is 1. The predicted molar refractivity (Wildman–Crippen MR) is 104 cm³/mol. The predicted octanol–water partition coefficient (Wildman–Crippen LogP) is 1.81. The first-order valence-corrected chi connectivity index (χ1v) is 9.71. The maximum atomic E-state index is 14.8. The highest BCUT2D eigenvalue weighted by Gasteiger charge is 2.24. The Morgan fingerprint density at radius 2 is 1.85 bits per heavy atom. The third-order valence-electron chi connectivity index (χ3n) is 5.57. The zero-order chi connectivity index (χ0) is 19.0. The quantitative estimate of drug-likeness (QED) is 0.893. The summed E-state index contributed by atoms with van der Waals surface area (Å²) in [5.74, 6) is -0.650. The summed E-state index contributed by atoms with van der Waals surface area (Å²) >= 11 is 0. The van der Waals surface area contributed by atoms with E-state index in [2.05, 4.69) is 5.32 Å². The Hall–Kier alpha value is -2.41. The van der Waals surface area contributed by atoms with Gasteiger partial charge in [0.15, 0.2) is 0 Å². The maximum Gasteiger partial charge on any atom is 0.259 e. The number of fused-ring (bicyclic) bond motifs is 1. The van der Waals surface area contributed by atoms with Gasteiger partial charge in [0.25, 0.3) is 5.91 Å². The molecule has 0 unspecified atom stereocenters. The van der Waals surface area contributed by atoms with Crippen LogP contribution in [0.15, 0.2) is 23.1 Å². The third-order valence-corrected chi connectivity index (χ3v) is 5.57. The molecule has 6 nitrogen and oxygen atoms in total. The van der Waals surface area contributed by atoms with Gasteiger partial charge in [-0.05, 0) is 31.9 Å². The highest BCUT2D eigenvalue weighted by molar-refractivity contribution is 5.98. The van der Waals surface area contributed by atoms with Crippen LogP contribution in [-0.2, 0) is 6.54 Å². The van der Waals surface area contributed by atoms with Crippen LogP contribution in [0.4, 0.5) is 10.1 Å². The first-order valence-electron chi connectivity index (χ1n) is 9.71. The Morgan fingerprint density at radius 1 is 1.15 bits per heavy atom. The van der Waals surface area contributed by atoms with Crippen LogP contribution < -0.4 is 15.6 Å². The molecule has 1 aromatic heterocycles. The van der Waals surface area contributed by atoms with Crippen LogP contribution in [0.2, 0.25) is 0 Å². The number of carbonyl (C=O) groups is 1. The van der Waals surface area contributed by atoms with E-state index in [9.17, 15) is 14.0 Å². The van der Waals surface area contributed by atoms with Crippen molar-refractivity contribution in [1.82, 2.24) is 14.8 Å². The number of nitrogens with one attached hydrogen (secondary N) is 1. The first-order chi connectivity index (χ1) is 13.1. The molecule has 2 aliphatic heterocycles. The van der Waals surface area contributed by atoms with Gasteiger partial charge in [-0.1, -0.05) is 0 Å². The van der Waals surface area contributed by atoms with Gasteiger partial charge in [0, 0.05) is 57.4 Å². The van der Waals surface area contributed by atoms with Gasteiger partial charge in [0.05, 0.1) is 11.2 Å². The SMILES string of the molecule is CCn1cc(C(=O)N2CCCC2)c(=O)c2cc(F)c(N3CCNCC3)cc21. The number of anilines is 1. The Bertz CT molecular complexity index is 928. The molecule has 7 heteroatoms. The molecule has 144 valence electrons. The largest absolute Gasteiger partial charge is 0.367 e. The summed E-state index contributed by atoms with van der Waals surface area (Å²) in [6.45, 7) is 6.99. The standard InChI is InChI=1S/C20H25FN4O2/c1-2-23-13-15(20(27)25-7-3-4-8-25)19(26)14-11-16(21)18(12-17(14)23)24-9-5-22-6-10-24/h11-13,22H,2-10H2,1H3. The monoisotopic (exact) mass is 372 g/mol. The molecule has 2 aromatic rings. The van der Waals surface area contributed by atoms with Crippen LogP contribution >= 0.6 is 0 Å². The summed E-state index contributed by atoms with van der Waals surface area (Å²) in [6, 6.07) is 3.06. The fourth-order valence-corrected chi connectivity index (χ4v) is 4.05. The molecule has 0 aliphatic carbocycles. The second kappa shape index (κ2) is 7.31. The molecule has 0 radical (unpaired) electrons. The van der Waals surface area contributed by atoms with Gasteiger partial charge >= 0.3 is 0 Å². The highest BCUT2D eigenvalue weighted by Crippen LogP contribution is 2.26. The molecule has 0 spiro atoms. The number of amides is 1. The summed E-state index contributed by atoms with van der Waals surface area (Å²) in [5, 5.41) is 3.53. The van der Waals surface area contributed by atoms with Crippen molar-refractivity contribution in [1.29, 1.82) is 0 Å². The van der Waals surface area contributed by atoms with Crippen LogP contribution in [0.5, 0.6) is 0 Å². The molecule has 2 fully saturated rings. The van der Waals surface area contributed by atoms with Crippen LogP contribution in [-0.4, -0.2) is 54.6 Å². The summed E-state index contributed by atoms with van der Waals surface area (Å²) in [4.78, 5) is 29.5. The molecule has 3 heterocycles. The van der Waals surface area contributed by atoms with Crippen molar-refractivity contribution >= 4 is 22.5 Å². The second-order valence-electron chi connectivity index (χ2n) is 7.22. The van der Waals surface area contributed by atoms with Crippen LogP contribution in [0.3, 0.4) is 0 Å². The van der Waals surface area contributed by atoms with Crippen molar-refractivity contribution in [2.45, 2.75) is 26.3 Å². The van der Waals surface area contributed by atoms with Gasteiger partial charge in [-0.25, -0.2) is 4.39 Å². The van der Waals surface area contributed by atoms with Crippen molar-refractivity contribution < 1.29 is 9.18 Å². The Morgan fingerprint density at radius 3 is 2.52 bits per heavy atom. The molecule has 0 atom stereocenters. The average Bonchev–Trinajstić information content (AvgIpc) is 3.23. The number of hydrogen-bond donors (Lipinski definition) is 1. The molecule has 1 aromatic carbocycles. The van der Waals surface area contributed by atoms with Crippen LogP contribution in [0, 0.1) is 5.82 Å². The fourth-order valence-electron chi connectivity index (χ4n) is 4.05. The third kappa shape index (κ3) is 3.20. The molecule has 2 saturated heterocycles. The lowest BCUT2D eigenvalue weighted by molar-refractivity contribution is 0.0791. The topological polar surface area (TPSA) is 57.6 Å². The lowest BCUT2D eigenvalue weighted by Crippen LogP contribution is -2.44. The molecule has 2 aliphatic rings. The lowest BCUT2D eigenvalue weighted by atomic mass is 10.1. The van der Waals surface area contributed by atoms with E-state index in [0.717, 1.165) is 39.0 Å². The van der Waals surface area contributed by atoms with Gasteiger partial charge < -0.3 is 19.7 Å². The normalized spacial score (nSPS) is 17.7. The molecule has 0 bridgehead atoms. The smallest absolute Gasteiger partial charge is 0.259 e. The molecular weight excluding hydrogens is 347 g/mol. The average molecular weight is 372 g/mol. The number of carbonyl (C=O) groups excluding carboxylic acids is 1. The van der Waals surface area contributed by atoms with Crippen LogP contribution in [0.1, 0.15) is 30.1 Å². The second-order valence-corrected chi connectivity index (χ2v) is 7.22. The van der Waals surface area contributed by atoms with Gasteiger partial charge in [0.2, 0.25) is 5.43 Å². The highest BCUT2D eigenvalue weighted by atomic mass is 19.1. The van der Waals surface area contributed by atoms with E-state index in [-0.39, 0.29) is 22.3 Å². The van der Waals surface area contributed by atoms with E-state index >= 15 is 0 Å². The minimum atomic E-state index is -0.407. The summed E-state index contributed by atoms with van der Waals surface area (Å²) in [7, 11) is 0. The number of nitrogens with zero attached hydrogens (tertiary/aromatic N) is 3. The molecule has 27 heavy (non-hydrogen) atoms. The van der Waals surface area contributed by atoms with Crippen LogP contribution in [0.25, 0.3) is 10.9 Å². The van der Waals surface area contributed by atoms with E-state index in [1.807, 2.05) is 16.4 Å². The fraction of sp³-hybridized carbons (Fsp3) is 0.500. The van der Waals surface area contributed by atoms with Crippen molar-refractivity contribution in [3.05, 3.63) is 39.9 Å². The van der Waals surface area contributed by atoms with Gasteiger partial charge in [-0.3, -0.25) is 9.59 Å². The van der Waals surface area contributed by atoms with Crippen molar-refractivity contribution in [2.24, 2.45) is 0 Å². The number of pyridine rings is 1. The zero-order valence-corrected chi connectivity index (χ0v) is 15.6. The Labute approximate surface area is 157 Å². The summed E-state index contributed by atoms with van der Waals surface area (Å²) < 4.78 is 16.7. The number of aromatic nitrogens is 1. The first kappa shape index (κ1) is 18.0. The number of benzene rings is 1. The van der Waals surface area contributed by atoms with Crippen molar-refractivity contribution in [2.75, 3.05) is 44.2 Å². The summed E-state index contributed by atoms with van der Waals surface area (Å²) in [6.07, 6.45) is 3.57. The summed E-state index contributed by atoms with van der Waals surface area (Å²) in [5.41, 5.74) is 0.956. The number of halogens is 1. The molecule has 1 N–H and O–H groups in total. The maximum absolute atomic E-state index is 14.8. The number of piperazine rings is 1. The van der Waals surface area contributed by atoms with Gasteiger partial charge in [-0.2, -0.15) is 0 Å². The number of aryl methyl sites for hydroxylation is 1. The minimum Gasteiger partial charge on any atom is -0.367 e. The molecular formula is C20H25FN4O2. The number of rotatable bonds is 3. The Balaban J connectivity index is 1.84. The van der Waals surface area contributed by atoms with Crippen molar-refractivity contribution in [3.63, 3.8) is 0 Å². The number of hydrogen-bond acceptors (Lipinski definition) is 4.